The molecule has 0 radical (unpaired) electrons. The first-order valence-electron chi connectivity index (χ1n) is 9.10. The monoisotopic (exact) mass is 435 g/mol. The van der Waals surface area contributed by atoms with Crippen molar-refractivity contribution >= 4 is 40.9 Å². The van der Waals surface area contributed by atoms with Gasteiger partial charge < -0.3 is 18.9 Å². The smallest absolute Gasteiger partial charge is 0.350 e. The van der Waals surface area contributed by atoms with Gasteiger partial charge in [0.25, 0.3) is 5.56 Å². The molecular weight excluding hydrogens is 418 g/mol. The molecule has 2 fully saturated rings. The molecule has 164 valence electrons. The third-order valence-electron chi connectivity index (χ3n) is 4.61. The predicted molar refractivity (Wildman–Crippen MR) is 97.4 cm³/mol. The molecule has 2 aromatic rings. The Morgan fingerprint density at radius 3 is 2.48 bits per heavy atom. The number of aromatic nitrogens is 4. The molecule has 2 aromatic heterocycles. The lowest BCUT2D eigenvalue weighted by atomic mass is 10.1. The van der Waals surface area contributed by atoms with E-state index < -0.39 is 60.0 Å². The van der Waals surface area contributed by atoms with E-state index in [1.165, 1.54) is 17.8 Å². The van der Waals surface area contributed by atoms with E-state index in [1.807, 2.05) is 0 Å². The molecule has 0 saturated carbocycles. The van der Waals surface area contributed by atoms with Gasteiger partial charge in [-0.25, -0.2) is 9.78 Å². The van der Waals surface area contributed by atoms with Gasteiger partial charge in [-0.3, -0.25) is 34.0 Å². The van der Waals surface area contributed by atoms with E-state index in [2.05, 4.69) is 20.3 Å². The lowest BCUT2D eigenvalue weighted by molar-refractivity contribution is -0.174. The van der Waals surface area contributed by atoms with Crippen LogP contribution in [0.5, 0.6) is 0 Å². The fourth-order valence-electron chi connectivity index (χ4n) is 3.58. The molecule has 2 aliphatic heterocycles. The van der Waals surface area contributed by atoms with Crippen LogP contribution in [0.3, 0.4) is 0 Å². The van der Waals surface area contributed by atoms with Crippen LogP contribution in [0.4, 0.5) is 5.95 Å². The van der Waals surface area contributed by atoms with E-state index in [0.29, 0.717) is 0 Å². The maximum atomic E-state index is 12.6. The van der Waals surface area contributed by atoms with Crippen molar-refractivity contribution in [1.82, 2.24) is 19.5 Å². The highest BCUT2D eigenvalue weighted by Crippen LogP contribution is 2.40. The van der Waals surface area contributed by atoms with Gasteiger partial charge in [-0.2, -0.15) is 4.98 Å². The normalized spacial score (nSPS) is 26.9. The van der Waals surface area contributed by atoms with Crippen molar-refractivity contribution in [2.45, 2.75) is 51.4 Å². The van der Waals surface area contributed by atoms with Crippen LogP contribution in [0.2, 0.25) is 0 Å². The zero-order valence-corrected chi connectivity index (χ0v) is 16.5. The first-order chi connectivity index (χ1) is 14.7. The summed E-state index contributed by atoms with van der Waals surface area (Å²) in [7, 11) is 0. The maximum absolute atomic E-state index is 12.6. The number of aromatic amines is 1. The standard InChI is InChI=1S/C17H17N5O9/c1-5(23)19-17-20-13-8(14(26)21-17)22(4-18-13)15-11(28-6(2)24)9-10(30-15)12(16(27)31-9)29-7(3)25/h4,9-12,15H,1-3H3,(H2,19,20,21,23,26)/t9-,10-,11-,12+,15-/m0/s1. The van der Waals surface area contributed by atoms with Crippen molar-refractivity contribution in [3.63, 3.8) is 0 Å². The molecule has 0 unspecified atom stereocenters. The number of carbonyl (C=O) groups excluding carboxylic acids is 4. The van der Waals surface area contributed by atoms with Crippen LogP contribution < -0.4 is 10.9 Å². The van der Waals surface area contributed by atoms with Gasteiger partial charge in [0.2, 0.25) is 18.0 Å². The molecule has 5 atom stereocenters. The second-order valence-electron chi connectivity index (χ2n) is 6.92. The molecule has 4 heterocycles. The summed E-state index contributed by atoms with van der Waals surface area (Å²) in [5, 5.41) is 2.35. The van der Waals surface area contributed by atoms with E-state index >= 15 is 0 Å². The van der Waals surface area contributed by atoms with Crippen molar-refractivity contribution in [3.8, 4) is 0 Å². The summed E-state index contributed by atoms with van der Waals surface area (Å²) in [4.78, 5) is 69.5. The van der Waals surface area contributed by atoms with Crippen LogP contribution >= 0.6 is 0 Å². The zero-order chi connectivity index (χ0) is 22.4. The summed E-state index contributed by atoms with van der Waals surface area (Å²) in [6.45, 7) is 3.53. The molecule has 0 bridgehead atoms. The molecule has 2 aliphatic rings. The first-order valence-corrected chi connectivity index (χ1v) is 9.10. The van der Waals surface area contributed by atoms with Gasteiger partial charge in [0.1, 0.15) is 12.4 Å². The average molecular weight is 435 g/mol. The number of carbonyl (C=O) groups is 4. The Morgan fingerprint density at radius 1 is 1.13 bits per heavy atom. The Balaban J connectivity index is 1.74. The van der Waals surface area contributed by atoms with Crippen LogP contribution in [0.15, 0.2) is 11.1 Å². The number of nitrogens with one attached hydrogen (secondary N) is 2. The van der Waals surface area contributed by atoms with Gasteiger partial charge in [0.15, 0.2) is 29.6 Å². The molecule has 2 saturated heterocycles. The maximum Gasteiger partial charge on any atom is 0.350 e. The molecule has 4 rings (SSSR count). The topological polar surface area (TPSA) is 181 Å². The molecule has 1 amide bonds. The van der Waals surface area contributed by atoms with Crippen molar-refractivity contribution < 1.29 is 38.1 Å². The van der Waals surface area contributed by atoms with Gasteiger partial charge in [0.05, 0.1) is 0 Å². The Labute approximate surface area is 172 Å². The quantitative estimate of drug-likeness (QED) is 0.433. The van der Waals surface area contributed by atoms with Crippen LogP contribution in [0.25, 0.3) is 11.2 Å². The highest BCUT2D eigenvalue weighted by Gasteiger charge is 2.61. The number of fused-ring (bicyclic) bond motifs is 2. The second kappa shape index (κ2) is 7.46. The van der Waals surface area contributed by atoms with Crippen LogP contribution in [0.1, 0.15) is 27.0 Å². The third kappa shape index (κ3) is 3.61. The van der Waals surface area contributed by atoms with Gasteiger partial charge in [-0.1, -0.05) is 0 Å². The van der Waals surface area contributed by atoms with Crippen molar-refractivity contribution in [1.29, 1.82) is 0 Å². The minimum absolute atomic E-state index is 0.0109. The summed E-state index contributed by atoms with van der Waals surface area (Å²) in [6, 6.07) is 0. The number of ether oxygens (including phenoxy) is 4. The number of hydrogen-bond donors (Lipinski definition) is 2. The summed E-state index contributed by atoms with van der Waals surface area (Å²) in [6.07, 6.45) is -4.57. The van der Waals surface area contributed by atoms with Gasteiger partial charge >= 0.3 is 17.9 Å². The molecule has 0 spiro atoms. The number of hydrogen-bond acceptors (Lipinski definition) is 11. The van der Waals surface area contributed by atoms with Crippen LogP contribution in [-0.4, -0.2) is 67.7 Å². The Kier molecular flexibility index (Phi) is 4.93. The van der Waals surface area contributed by atoms with Crippen LogP contribution in [0, 0.1) is 0 Å². The van der Waals surface area contributed by atoms with Crippen LogP contribution in [-0.2, 0) is 38.1 Å². The largest absolute Gasteiger partial charge is 0.454 e. The van der Waals surface area contributed by atoms with E-state index in [0.717, 1.165) is 13.8 Å². The van der Waals surface area contributed by atoms with E-state index in [-0.39, 0.29) is 17.1 Å². The van der Waals surface area contributed by atoms with E-state index in [4.69, 9.17) is 18.9 Å². The number of amides is 1. The fourth-order valence-corrected chi connectivity index (χ4v) is 3.58. The molecule has 0 aliphatic carbocycles. The second-order valence-corrected chi connectivity index (χ2v) is 6.92. The lowest BCUT2D eigenvalue weighted by Crippen LogP contribution is -2.36. The van der Waals surface area contributed by atoms with E-state index in [9.17, 15) is 24.0 Å². The number of nitrogens with zero attached hydrogens (tertiary/aromatic N) is 3. The van der Waals surface area contributed by atoms with Crippen molar-refractivity contribution in [2.24, 2.45) is 0 Å². The lowest BCUT2D eigenvalue weighted by Gasteiger charge is -2.22. The Hall–Kier alpha value is -3.81. The molecule has 2 N–H and O–H groups in total. The number of esters is 3. The Bertz CT molecular complexity index is 1150. The van der Waals surface area contributed by atoms with Gasteiger partial charge in [-0.05, 0) is 0 Å². The SMILES string of the molecule is CC(=O)Nc1nc2ncn([C@H]3O[C@H]4[C@H](OC(=O)[C@@H]4OC(C)=O)[C@@H]3OC(C)=O)c2c(=O)[nH]1. The number of imidazole rings is 1. The molecule has 31 heavy (non-hydrogen) atoms. The van der Waals surface area contributed by atoms with E-state index in [1.54, 1.807) is 0 Å². The summed E-state index contributed by atoms with van der Waals surface area (Å²) in [5.41, 5.74) is -0.697. The molecule has 14 nitrogen and oxygen atoms in total. The molecule has 0 aromatic carbocycles. The summed E-state index contributed by atoms with van der Waals surface area (Å²) >= 11 is 0. The fraction of sp³-hybridized carbons (Fsp3) is 0.471. The minimum atomic E-state index is -1.36. The minimum Gasteiger partial charge on any atom is -0.454 e. The number of H-pyrrole nitrogens is 1. The van der Waals surface area contributed by atoms with Gasteiger partial charge in [0, 0.05) is 20.8 Å². The average Bonchev–Trinajstić information content (AvgIpc) is 3.29. The first kappa shape index (κ1) is 20.5. The highest BCUT2D eigenvalue weighted by molar-refractivity contribution is 5.87. The third-order valence-corrected chi connectivity index (χ3v) is 4.61. The zero-order valence-electron chi connectivity index (χ0n) is 16.5. The summed E-state index contributed by atoms with van der Waals surface area (Å²) < 4.78 is 22.7. The molecule has 14 heteroatoms. The summed E-state index contributed by atoms with van der Waals surface area (Å²) in [5.74, 6) is -2.79. The molecular formula is C17H17N5O9. The van der Waals surface area contributed by atoms with Crippen molar-refractivity contribution in [3.05, 3.63) is 16.7 Å². The van der Waals surface area contributed by atoms with Crippen molar-refractivity contribution in [2.75, 3.05) is 5.32 Å². The Morgan fingerprint density at radius 2 is 1.84 bits per heavy atom. The predicted octanol–water partition coefficient (Wildman–Crippen LogP) is -1.24. The van der Waals surface area contributed by atoms with Gasteiger partial charge in [-0.15, -0.1) is 0 Å². The highest BCUT2D eigenvalue weighted by atomic mass is 16.7. The number of rotatable bonds is 4. The number of anilines is 1.